The molecule has 1 fully saturated rings. The molecule has 1 N–H and O–H groups in total. The lowest BCUT2D eigenvalue weighted by Gasteiger charge is -2.37. The maximum Gasteiger partial charge on any atom is 0.305 e. The fourth-order valence-corrected chi connectivity index (χ4v) is 2.75. The number of esters is 1. The van der Waals surface area contributed by atoms with Crippen molar-refractivity contribution in [3.8, 4) is 0 Å². The van der Waals surface area contributed by atoms with Crippen molar-refractivity contribution in [1.82, 2.24) is 10.2 Å². The molecule has 1 aliphatic heterocycles. The van der Waals surface area contributed by atoms with Crippen molar-refractivity contribution in [1.29, 1.82) is 0 Å². The van der Waals surface area contributed by atoms with E-state index in [1.807, 2.05) is 0 Å². The number of hydrogen-bond acceptors (Lipinski definition) is 4. The van der Waals surface area contributed by atoms with Crippen molar-refractivity contribution in [2.45, 2.75) is 12.8 Å². The van der Waals surface area contributed by atoms with Crippen molar-refractivity contribution < 1.29 is 13.9 Å². The maximum atomic E-state index is 13.0. The average molecular weight is 339 g/mol. The zero-order valence-electron chi connectivity index (χ0n) is 13.3. The van der Waals surface area contributed by atoms with E-state index in [4.69, 9.17) is 12.2 Å². The third-order valence-corrected chi connectivity index (χ3v) is 4.22. The van der Waals surface area contributed by atoms with Gasteiger partial charge in [0.2, 0.25) is 0 Å². The van der Waals surface area contributed by atoms with Gasteiger partial charge in [-0.15, -0.1) is 0 Å². The van der Waals surface area contributed by atoms with Crippen LogP contribution in [-0.4, -0.2) is 55.8 Å². The van der Waals surface area contributed by atoms with E-state index >= 15 is 0 Å². The number of hydrogen-bond donors (Lipinski definition) is 1. The van der Waals surface area contributed by atoms with Crippen LogP contribution in [0.1, 0.15) is 12.8 Å². The summed E-state index contributed by atoms with van der Waals surface area (Å²) in [6.07, 6.45) is 1.09. The molecule has 7 heteroatoms. The van der Waals surface area contributed by atoms with Crippen LogP contribution in [0.15, 0.2) is 24.3 Å². The lowest BCUT2D eigenvalue weighted by Crippen LogP contribution is -2.51. The molecule has 1 aromatic rings. The van der Waals surface area contributed by atoms with E-state index in [1.165, 1.54) is 19.2 Å². The second-order valence-electron chi connectivity index (χ2n) is 5.36. The molecule has 0 aromatic heterocycles. The molecule has 23 heavy (non-hydrogen) atoms. The quantitative estimate of drug-likeness (QED) is 0.501. The number of thiocarbonyl (C=S) groups is 1. The first-order valence-corrected chi connectivity index (χ1v) is 8.11. The molecule has 0 spiro atoms. The van der Waals surface area contributed by atoms with Crippen LogP contribution in [0.2, 0.25) is 0 Å². The number of nitrogens with zero attached hydrogens (tertiary/aromatic N) is 2. The molecule has 1 heterocycles. The van der Waals surface area contributed by atoms with E-state index in [0.29, 0.717) is 24.5 Å². The van der Waals surface area contributed by atoms with Crippen LogP contribution >= 0.6 is 12.2 Å². The number of anilines is 1. The summed E-state index contributed by atoms with van der Waals surface area (Å²) in [4.78, 5) is 15.4. The Morgan fingerprint density at radius 3 is 2.52 bits per heavy atom. The molecule has 0 amide bonds. The molecule has 2 rings (SSSR count). The van der Waals surface area contributed by atoms with Crippen LogP contribution < -0.4 is 10.2 Å². The molecular formula is C16H22FN3O2S. The van der Waals surface area contributed by atoms with Gasteiger partial charge in [0.05, 0.1) is 7.11 Å². The largest absolute Gasteiger partial charge is 0.469 e. The van der Waals surface area contributed by atoms with Crippen LogP contribution in [0.25, 0.3) is 0 Å². The minimum Gasteiger partial charge on any atom is -0.469 e. The highest BCUT2D eigenvalue weighted by atomic mass is 32.1. The Balaban J connectivity index is 1.70. The van der Waals surface area contributed by atoms with Crippen LogP contribution in [0.4, 0.5) is 10.1 Å². The first kappa shape index (κ1) is 17.5. The molecule has 0 atom stereocenters. The topological polar surface area (TPSA) is 44.8 Å². The molecule has 5 nitrogen and oxygen atoms in total. The summed E-state index contributed by atoms with van der Waals surface area (Å²) in [7, 11) is 1.39. The minimum atomic E-state index is -0.218. The Morgan fingerprint density at radius 2 is 1.91 bits per heavy atom. The molecular weight excluding hydrogens is 317 g/mol. The maximum absolute atomic E-state index is 13.0. The zero-order chi connectivity index (χ0) is 16.7. The zero-order valence-corrected chi connectivity index (χ0v) is 14.1. The summed E-state index contributed by atoms with van der Waals surface area (Å²) in [5, 5.41) is 3.89. The fraction of sp³-hybridized carbons (Fsp3) is 0.500. The normalized spacial score (nSPS) is 14.5. The Bertz CT molecular complexity index is 531. The highest BCUT2D eigenvalue weighted by Gasteiger charge is 2.19. The summed E-state index contributed by atoms with van der Waals surface area (Å²) >= 11 is 5.38. The van der Waals surface area contributed by atoms with Gasteiger partial charge in [-0.3, -0.25) is 4.79 Å². The fourth-order valence-electron chi connectivity index (χ4n) is 2.46. The Kier molecular flexibility index (Phi) is 6.58. The van der Waals surface area contributed by atoms with Crippen LogP contribution in [0.5, 0.6) is 0 Å². The number of benzene rings is 1. The van der Waals surface area contributed by atoms with Gasteiger partial charge in [0.25, 0.3) is 0 Å². The Hall–Kier alpha value is -1.89. The SMILES string of the molecule is COC(=O)CCCNC(=S)N1CCN(c2ccc(F)cc2)CC1. The molecule has 126 valence electrons. The predicted molar refractivity (Wildman–Crippen MR) is 92.0 cm³/mol. The van der Waals surface area contributed by atoms with Crippen LogP contribution in [-0.2, 0) is 9.53 Å². The molecule has 0 radical (unpaired) electrons. The van der Waals surface area contributed by atoms with Crippen molar-refractivity contribution >= 4 is 29.0 Å². The van der Waals surface area contributed by atoms with Gasteiger partial charge in [-0.05, 0) is 42.9 Å². The van der Waals surface area contributed by atoms with Crippen molar-refractivity contribution in [2.24, 2.45) is 0 Å². The van der Waals surface area contributed by atoms with Crippen LogP contribution in [0, 0.1) is 5.82 Å². The summed E-state index contributed by atoms with van der Waals surface area (Å²) < 4.78 is 17.6. The van der Waals surface area contributed by atoms with E-state index in [1.54, 1.807) is 12.1 Å². The van der Waals surface area contributed by atoms with Gasteiger partial charge < -0.3 is 19.9 Å². The highest BCUT2D eigenvalue weighted by Crippen LogP contribution is 2.16. The number of halogens is 1. The lowest BCUT2D eigenvalue weighted by atomic mass is 10.2. The van der Waals surface area contributed by atoms with E-state index in [2.05, 4.69) is 19.9 Å². The van der Waals surface area contributed by atoms with Crippen molar-refractivity contribution in [3.63, 3.8) is 0 Å². The van der Waals surface area contributed by atoms with Crippen LogP contribution in [0.3, 0.4) is 0 Å². The third-order valence-electron chi connectivity index (χ3n) is 3.82. The predicted octanol–water partition coefficient (Wildman–Crippen LogP) is 1.78. The first-order valence-electron chi connectivity index (χ1n) is 7.70. The monoisotopic (exact) mass is 339 g/mol. The van der Waals surface area contributed by atoms with Gasteiger partial charge in [-0.25, -0.2) is 4.39 Å². The van der Waals surface area contributed by atoms with Crippen molar-refractivity contribution in [3.05, 3.63) is 30.1 Å². The molecule has 0 bridgehead atoms. The second-order valence-corrected chi connectivity index (χ2v) is 5.75. The Labute approximate surface area is 141 Å². The Morgan fingerprint density at radius 1 is 1.26 bits per heavy atom. The molecule has 0 unspecified atom stereocenters. The number of nitrogens with one attached hydrogen (secondary N) is 1. The van der Waals surface area contributed by atoms with Gasteiger partial charge in [0, 0.05) is 44.8 Å². The van der Waals surface area contributed by atoms with E-state index in [0.717, 1.165) is 31.9 Å². The molecule has 0 saturated carbocycles. The number of rotatable bonds is 5. The lowest BCUT2D eigenvalue weighted by molar-refractivity contribution is -0.140. The summed E-state index contributed by atoms with van der Waals surface area (Å²) in [6.45, 7) is 3.98. The third kappa shape index (κ3) is 5.35. The van der Waals surface area contributed by atoms with Crippen molar-refractivity contribution in [2.75, 3.05) is 44.7 Å². The summed E-state index contributed by atoms with van der Waals surface area (Å²) in [5.74, 6) is -0.421. The van der Waals surface area contributed by atoms with Gasteiger partial charge in [0.1, 0.15) is 5.82 Å². The number of methoxy groups -OCH3 is 1. The standard InChI is InChI=1S/C16H22FN3O2S/c1-22-15(21)3-2-8-18-16(23)20-11-9-19(10-12-20)14-6-4-13(17)5-7-14/h4-7H,2-3,8-12H2,1H3,(H,18,23). The number of piperazine rings is 1. The second kappa shape index (κ2) is 8.67. The van der Waals surface area contributed by atoms with Gasteiger partial charge >= 0.3 is 5.97 Å². The van der Waals surface area contributed by atoms with E-state index in [-0.39, 0.29) is 11.8 Å². The number of ether oxygens (including phenoxy) is 1. The molecule has 0 aliphatic carbocycles. The van der Waals surface area contributed by atoms with E-state index in [9.17, 15) is 9.18 Å². The first-order chi connectivity index (χ1) is 11.1. The summed E-state index contributed by atoms with van der Waals surface area (Å²) in [5.41, 5.74) is 1.03. The number of carbonyl (C=O) groups excluding carboxylic acids is 1. The van der Waals surface area contributed by atoms with Gasteiger partial charge in [-0.1, -0.05) is 0 Å². The highest BCUT2D eigenvalue weighted by molar-refractivity contribution is 7.80. The van der Waals surface area contributed by atoms with Gasteiger partial charge in [0.15, 0.2) is 5.11 Å². The molecule has 1 aliphatic rings. The smallest absolute Gasteiger partial charge is 0.305 e. The minimum absolute atomic E-state index is 0.203. The molecule has 1 saturated heterocycles. The van der Waals surface area contributed by atoms with Gasteiger partial charge in [-0.2, -0.15) is 0 Å². The van der Waals surface area contributed by atoms with E-state index < -0.39 is 0 Å². The summed E-state index contributed by atoms with van der Waals surface area (Å²) in [6, 6.07) is 6.56. The number of carbonyl (C=O) groups is 1. The molecule has 1 aromatic carbocycles. The average Bonchev–Trinajstić information content (AvgIpc) is 2.59.